The van der Waals surface area contributed by atoms with Gasteiger partial charge >= 0.3 is 0 Å². The highest BCUT2D eigenvalue weighted by atomic mass is 35.5. The molecular weight excluding hydrogens is 204 g/mol. The largest absolute Gasteiger partial charge is 0.335 e. The third-order valence-electron chi connectivity index (χ3n) is 1.67. The molecule has 0 saturated heterocycles. The first-order valence-electron chi connectivity index (χ1n) is 3.93. The molecule has 0 aliphatic rings. The van der Waals surface area contributed by atoms with E-state index in [1.807, 2.05) is 0 Å². The number of hydrogen-bond acceptors (Lipinski definition) is 2. The van der Waals surface area contributed by atoms with E-state index in [4.69, 9.17) is 11.6 Å². The molecule has 1 aromatic carbocycles. The van der Waals surface area contributed by atoms with Gasteiger partial charge in [-0.15, -0.1) is 0 Å². The van der Waals surface area contributed by atoms with Crippen LogP contribution in [0.2, 0.25) is 5.02 Å². The van der Waals surface area contributed by atoms with Crippen LogP contribution >= 0.6 is 11.6 Å². The van der Waals surface area contributed by atoms with Crippen molar-refractivity contribution in [3.05, 3.63) is 34.9 Å². The number of amides is 2. The highest BCUT2D eigenvalue weighted by Crippen LogP contribution is 2.13. The van der Waals surface area contributed by atoms with Crippen LogP contribution in [0.25, 0.3) is 0 Å². The molecule has 1 rings (SSSR count). The molecular formula is C9H9ClN2O2. The number of nitrogens with one attached hydrogen (secondary N) is 2. The van der Waals surface area contributed by atoms with Gasteiger partial charge in [0.25, 0.3) is 0 Å². The molecule has 1 aromatic rings. The third-order valence-corrected chi connectivity index (χ3v) is 1.92. The minimum absolute atomic E-state index is 0.512. The van der Waals surface area contributed by atoms with Crippen molar-refractivity contribution in [2.45, 2.75) is 6.17 Å². The molecule has 0 bridgehead atoms. The van der Waals surface area contributed by atoms with Crippen LogP contribution in [-0.2, 0) is 9.59 Å². The standard InChI is InChI=1S/C9H9ClN2O2/c10-8-3-1-7(2-4-8)9(11-5-13)12-6-14/h1-6,9H,(H,11,13)(H,12,14). The molecule has 0 unspecified atom stereocenters. The van der Waals surface area contributed by atoms with Crippen molar-refractivity contribution in [3.8, 4) is 0 Å². The maximum atomic E-state index is 10.2. The second-order valence-electron chi connectivity index (χ2n) is 2.55. The predicted molar refractivity (Wildman–Crippen MR) is 52.6 cm³/mol. The Hall–Kier alpha value is -1.55. The summed E-state index contributed by atoms with van der Waals surface area (Å²) in [7, 11) is 0. The number of halogens is 1. The van der Waals surface area contributed by atoms with E-state index in [9.17, 15) is 9.59 Å². The smallest absolute Gasteiger partial charge is 0.208 e. The zero-order valence-corrected chi connectivity index (χ0v) is 7.99. The van der Waals surface area contributed by atoms with Crippen molar-refractivity contribution in [2.24, 2.45) is 0 Å². The Bertz CT molecular complexity index is 303. The van der Waals surface area contributed by atoms with E-state index < -0.39 is 6.17 Å². The zero-order chi connectivity index (χ0) is 10.4. The SMILES string of the molecule is O=CNC(NC=O)c1ccc(Cl)cc1. The van der Waals surface area contributed by atoms with Crippen molar-refractivity contribution < 1.29 is 9.59 Å². The number of carbonyl (C=O) groups is 2. The molecule has 4 nitrogen and oxygen atoms in total. The van der Waals surface area contributed by atoms with E-state index in [-0.39, 0.29) is 0 Å². The van der Waals surface area contributed by atoms with E-state index in [0.717, 1.165) is 5.56 Å². The van der Waals surface area contributed by atoms with Crippen LogP contribution in [0.15, 0.2) is 24.3 Å². The average Bonchev–Trinajstić information content (AvgIpc) is 2.19. The molecule has 0 spiro atoms. The Morgan fingerprint density at radius 3 is 2.00 bits per heavy atom. The minimum Gasteiger partial charge on any atom is -0.335 e. The van der Waals surface area contributed by atoms with Crippen LogP contribution in [-0.4, -0.2) is 12.8 Å². The average molecular weight is 213 g/mol. The number of rotatable bonds is 5. The van der Waals surface area contributed by atoms with Gasteiger partial charge in [0.05, 0.1) is 0 Å². The summed E-state index contributed by atoms with van der Waals surface area (Å²) in [6.45, 7) is 0. The molecule has 5 heteroatoms. The number of hydrogen-bond donors (Lipinski definition) is 2. The summed E-state index contributed by atoms with van der Waals surface area (Å²) in [6.07, 6.45) is 0.535. The van der Waals surface area contributed by atoms with Gasteiger partial charge in [-0.1, -0.05) is 23.7 Å². The van der Waals surface area contributed by atoms with Crippen LogP contribution in [0.1, 0.15) is 11.7 Å². The maximum Gasteiger partial charge on any atom is 0.208 e. The van der Waals surface area contributed by atoms with Gasteiger partial charge in [-0.2, -0.15) is 0 Å². The molecule has 2 amide bonds. The topological polar surface area (TPSA) is 58.2 Å². The van der Waals surface area contributed by atoms with Gasteiger partial charge in [0.1, 0.15) is 6.17 Å². The highest BCUT2D eigenvalue weighted by Gasteiger charge is 2.07. The third kappa shape index (κ3) is 2.74. The first-order chi connectivity index (χ1) is 6.77. The lowest BCUT2D eigenvalue weighted by Gasteiger charge is -2.14. The van der Waals surface area contributed by atoms with E-state index >= 15 is 0 Å². The summed E-state index contributed by atoms with van der Waals surface area (Å²) in [5.41, 5.74) is 0.758. The van der Waals surface area contributed by atoms with Gasteiger partial charge < -0.3 is 10.6 Å². The van der Waals surface area contributed by atoms with Crippen molar-refractivity contribution in [3.63, 3.8) is 0 Å². The fourth-order valence-electron chi connectivity index (χ4n) is 1.03. The summed E-state index contributed by atoms with van der Waals surface area (Å²) in [4.78, 5) is 20.5. The summed E-state index contributed by atoms with van der Waals surface area (Å²) in [5, 5.41) is 5.51. The quantitative estimate of drug-likeness (QED) is 0.561. The fraction of sp³-hybridized carbons (Fsp3) is 0.111. The molecule has 0 saturated carbocycles. The minimum atomic E-state index is -0.512. The van der Waals surface area contributed by atoms with Crippen LogP contribution < -0.4 is 10.6 Å². The van der Waals surface area contributed by atoms with Gasteiger partial charge in [0.15, 0.2) is 0 Å². The molecule has 0 atom stereocenters. The summed E-state index contributed by atoms with van der Waals surface area (Å²) in [6, 6.07) is 6.81. The van der Waals surface area contributed by atoms with E-state index in [1.54, 1.807) is 24.3 Å². The second kappa shape index (κ2) is 5.24. The first-order valence-corrected chi connectivity index (χ1v) is 4.30. The van der Waals surface area contributed by atoms with E-state index in [0.29, 0.717) is 17.8 Å². The normalized spacial score (nSPS) is 9.57. The summed E-state index contributed by atoms with van der Waals surface area (Å²) < 4.78 is 0. The molecule has 0 aromatic heterocycles. The van der Waals surface area contributed by atoms with Gasteiger partial charge in [0.2, 0.25) is 12.8 Å². The van der Waals surface area contributed by atoms with Crippen molar-refractivity contribution in [1.29, 1.82) is 0 Å². The molecule has 74 valence electrons. The molecule has 2 N–H and O–H groups in total. The monoisotopic (exact) mass is 212 g/mol. The van der Waals surface area contributed by atoms with Crippen LogP contribution in [0.5, 0.6) is 0 Å². The van der Waals surface area contributed by atoms with Gasteiger partial charge in [-0.3, -0.25) is 9.59 Å². The van der Waals surface area contributed by atoms with Crippen LogP contribution in [0.4, 0.5) is 0 Å². The lowest BCUT2D eigenvalue weighted by Crippen LogP contribution is -2.32. The van der Waals surface area contributed by atoms with Gasteiger partial charge in [0, 0.05) is 5.02 Å². The Morgan fingerprint density at radius 1 is 1.07 bits per heavy atom. The second-order valence-corrected chi connectivity index (χ2v) is 2.99. The summed E-state index contributed by atoms with van der Waals surface area (Å²) in [5.74, 6) is 0. The Balaban J connectivity index is 2.80. The Kier molecular flexibility index (Phi) is 3.94. The van der Waals surface area contributed by atoms with E-state index in [1.165, 1.54) is 0 Å². The molecule has 0 radical (unpaired) electrons. The van der Waals surface area contributed by atoms with Gasteiger partial charge in [-0.25, -0.2) is 0 Å². The molecule has 0 heterocycles. The highest BCUT2D eigenvalue weighted by molar-refractivity contribution is 6.30. The Morgan fingerprint density at radius 2 is 1.57 bits per heavy atom. The van der Waals surface area contributed by atoms with Crippen LogP contribution in [0, 0.1) is 0 Å². The number of carbonyl (C=O) groups excluding carboxylic acids is 2. The zero-order valence-electron chi connectivity index (χ0n) is 7.24. The maximum absolute atomic E-state index is 10.2. The fourth-order valence-corrected chi connectivity index (χ4v) is 1.16. The first kappa shape index (κ1) is 10.5. The van der Waals surface area contributed by atoms with Crippen molar-refractivity contribution in [2.75, 3.05) is 0 Å². The van der Waals surface area contributed by atoms with Crippen LogP contribution in [0.3, 0.4) is 0 Å². The van der Waals surface area contributed by atoms with E-state index in [2.05, 4.69) is 10.6 Å². The molecule has 0 aliphatic heterocycles. The lowest BCUT2D eigenvalue weighted by molar-refractivity contribution is -0.112. The summed E-state index contributed by atoms with van der Waals surface area (Å²) >= 11 is 5.69. The number of benzene rings is 1. The predicted octanol–water partition coefficient (Wildman–Crippen LogP) is 0.831. The Labute approximate surface area is 86.3 Å². The molecule has 0 aliphatic carbocycles. The van der Waals surface area contributed by atoms with Gasteiger partial charge in [-0.05, 0) is 17.7 Å². The molecule has 14 heavy (non-hydrogen) atoms. The van der Waals surface area contributed by atoms with Crippen molar-refractivity contribution >= 4 is 24.4 Å². The van der Waals surface area contributed by atoms with Crippen molar-refractivity contribution in [1.82, 2.24) is 10.6 Å². The lowest BCUT2D eigenvalue weighted by atomic mass is 10.2. The molecule has 0 fully saturated rings.